The number of methoxy groups -OCH3 is 1. The number of nitrogens with one attached hydrogen (secondary N) is 1. The molecule has 0 unspecified atom stereocenters. The maximum Gasteiger partial charge on any atom is 0.265 e. The maximum atomic E-state index is 12.3. The Hall–Kier alpha value is -2.32. The van der Waals surface area contributed by atoms with Crippen LogP contribution in [0.5, 0.6) is 5.75 Å². The molecule has 2 aromatic heterocycles. The Balaban J connectivity index is 1.93. The molecule has 0 fully saturated rings. The number of benzene rings is 1. The third kappa shape index (κ3) is 2.83. The third-order valence-corrected chi connectivity index (χ3v) is 4.99. The first-order chi connectivity index (χ1) is 10.6. The molecule has 1 N–H and O–H groups in total. The quantitative estimate of drug-likeness (QED) is 0.778. The third-order valence-electron chi connectivity index (χ3n) is 2.97. The van der Waals surface area contributed by atoms with Crippen molar-refractivity contribution in [3.8, 4) is 11.4 Å². The summed E-state index contributed by atoms with van der Waals surface area (Å²) in [4.78, 5) is 0.0876. The second-order valence-electron chi connectivity index (χ2n) is 4.41. The fraction of sp³-hybridized carbons (Fsp3) is 0.0714. The summed E-state index contributed by atoms with van der Waals surface area (Å²) in [6, 6.07) is 8.95. The number of rotatable bonds is 5. The van der Waals surface area contributed by atoms with Crippen LogP contribution in [0.15, 0.2) is 58.4 Å². The molecule has 0 aliphatic heterocycles. The lowest BCUT2D eigenvalue weighted by molar-refractivity contribution is 0.411. The number of thiophene rings is 1. The van der Waals surface area contributed by atoms with Crippen LogP contribution in [0.4, 0.5) is 5.69 Å². The first-order valence-corrected chi connectivity index (χ1v) is 8.76. The van der Waals surface area contributed by atoms with E-state index in [9.17, 15) is 8.42 Å². The Bertz CT molecular complexity index is 870. The standard InChI is InChI=1S/C14H13N3O3S2/c1-20-14-5-3-2-4-13(14)17-9-12(8-15-17)22(18,19)16-11-6-7-21-10-11/h2-10,16H,1H3. The summed E-state index contributed by atoms with van der Waals surface area (Å²) in [5, 5.41) is 7.64. The van der Waals surface area contributed by atoms with Gasteiger partial charge < -0.3 is 4.74 Å². The number of ether oxygens (including phenoxy) is 1. The van der Waals surface area contributed by atoms with Crippen LogP contribution in [0, 0.1) is 0 Å². The van der Waals surface area contributed by atoms with Gasteiger partial charge in [0.2, 0.25) is 0 Å². The molecule has 0 saturated heterocycles. The molecule has 22 heavy (non-hydrogen) atoms. The molecule has 0 atom stereocenters. The van der Waals surface area contributed by atoms with E-state index in [4.69, 9.17) is 4.74 Å². The summed E-state index contributed by atoms with van der Waals surface area (Å²) >= 11 is 1.42. The maximum absolute atomic E-state index is 12.3. The number of aromatic nitrogens is 2. The predicted octanol–water partition coefficient (Wildman–Crippen LogP) is 2.74. The Morgan fingerprint density at radius 2 is 2.09 bits per heavy atom. The van der Waals surface area contributed by atoms with Gasteiger partial charge in [0.25, 0.3) is 10.0 Å². The van der Waals surface area contributed by atoms with Gasteiger partial charge in [-0.2, -0.15) is 16.4 Å². The van der Waals surface area contributed by atoms with Crippen LogP contribution in [0.25, 0.3) is 5.69 Å². The molecule has 0 aliphatic carbocycles. The minimum absolute atomic E-state index is 0.0876. The van der Waals surface area contributed by atoms with E-state index in [0.29, 0.717) is 17.1 Å². The second-order valence-corrected chi connectivity index (χ2v) is 6.87. The fourth-order valence-corrected chi connectivity index (χ4v) is 3.57. The monoisotopic (exact) mass is 335 g/mol. The van der Waals surface area contributed by atoms with E-state index >= 15 is 0 Å². The van der Waals surface area contributed by atoms with Gasteiger partial charge in [-0.15, -0.1) is 0 Å². The van der Waals surface area contributed by atoms with Crippen molar-refractivity contribution >= 4 is 27.0 Å². The molecule has 3 rings (SSSR count). The second kappa shape index (κ2) is 5.82. The summed E-state index contributed by atoms with van der Waals surface area (Å²) in [7, 11) is -2.10. The molecule has 0 radical (unpaired) electrons. The molecule has 3 aromatic rings. The molecule has 0 saturated carbocycles. The smallest absolute Gasteiger partial charge is 0.265 e. The molecule has 8 heteroatoms. The Kier molecular flexibility index (Phi) is 3.86. The molecule has 114 valence electrons. The zero-order valence-corrected chi connectivity index (χ0v) is 13.3. The van der Waals surface area contributed by atoms with Gasteiger partial charge in [-0.05, 0) is 23.6 Å². The minimum Gasteiger partial charge on any atom is -0.494 e. The van der Waals surface area contributed by atoms with Crippen molar-refractivity contribution in [2.45, 2.75) is 4.90 Å². The van der Waals surface area contributed by atoms with Crippen molar-refractivity contribution in [2.75, 3.05) is 11.8 Å². The van der Waals surface area contributed by atoms with Crippen LogP contribution in [-0.2, 0) is 10.0 Å². The number of sulfonamides is 1. The Morgan fingerprint density at radius 3 is 2.82 bits per heavy atom. The van der Waals surface area contributed by atoms with E-state index in [-0.39, 0.29) is 4.90 Å². The predicted molar refractivity (Wildman–Crippen MR) is 85.2 cm³/mol. The van der Waals surface area contributed by atoms with E-state index in [2.05, 4.69) is 9.82 Å². The van der Waals surface area contributed by atoms with Gasteiger partial charge in [0, 0.05) is 5.38 Å². The van der Waals surface area contributed by atoms with E-state index in [0.717, 1.165) is 0 Å². The highest BCUT2D eigenvalue weighted by Gasteiger charge is 2.18. The Morgan fingerprint density at radius 1 is 1.27 bits per heavy atom. The molecule has 0 spiro atoms. The van der Waals surface area contributed by atoms with Gasteiger partial charge >= 0.3 is 0 Å². The SMILES string of the molecule is COc1ccccc1-n1cc(S(=O)(=O)Nc2ccsc2)cn1. The lowest BCUT2D eigenvalue weighted by Crippen LogP contribution is -2.11. The van der Waals surface area contributed by atoms with Crippen molar-refractivity contribution in [1.29, 1.82) is 0 Å². The Labute approximate surface area is 132 Å². The van der Waals surface area contributed by atoms with Crippen molar-refractivity contribution < 1.29 is 13.2 Å². The highest BCUT2D eigenvalue weighted by molar-refractivity contribution is 7.92. The number of hydrogen-bond acceptors (Lipinski definition) is 5. The largest absolute Gasteiger partial charge is 0.494 e. The lowest BCUT2D eigenvalue weighted by atomic mass is 10.3. The average Bonchev–Trinajstić information content (AvgIpc) is 3.18. The van der Waals surface area contributed by atoms with E-state index in [1.165, 1.54) is 28.4 Å². The average molecular weight is 335 g/mol. The first-order valence-electron chi connectivity index (χ1n) is 6.33. The number of anilines is 1. The van der Waals surface area contributed by atoms with Crippen molar-refractivity contribution in [3.63, 3.8) is 0 Å². The summed E-state index contributed by atoms with van der Waals surface area (Å²) in [6.45, 7) is 0. The molecule has 2 heterocycles. The van der Waals surface area contributed by atoms with E-state index < -0.39 is 10.0 Å². The zero-order chi connectivity index (χ0) is 15.6. The molecule has 1 aromatic carbocycles. The van der Waals surface area contributed by atoms with Crippen molar-refractivity contribution in [2.24, 2.45) is 0 Å². The van der Waals surface area contributed by atoms with Gasteiger partial charge in [-0.25, -0.2) is 13.1 Å². The van der Waals surface area contributed by atoms with Crippen molar-refractivity contribution in [3.05, 3.63) is 53.5 Å². The van der Waals surface area contributed by atoms with Crippen LogP contribution in [0.3, 0.4) is 0 Å². The van der Waals surface area contributed by atoms with Gasteiger partial charge in [0.1, 0.15) is 16.3 Å². The van der Waals surface area contributed by atoms with E-state index in [1.807, 2.05) is 12.1 Å². The molecular formula is C14H13N3O3S2. The summed E-state index contributed by atoms with van der Waals surface area (Å²) in [5.74, 6) is 0.611. The molecule has 0 bridgehead atoms. The zero-order valence-electron chi connectivity index (χ0n) is 11.6. The molecule has 0 amide bonds. The van der Waals surface area contributed by atoms with Crippen LogP contribution >= 0.6 is 11.3 Å². The van der Waals surface area contributed by atoms with Crippen LogP contribution in [0.2, 0.25) is 0 Å². The topological polar surface area (TPSA) is 73.2 Å². The fourth-order valence-electron chi connectivity index (χ4n) is 1.93. The molecule has 0 aliphatic rings. The van der Waals surface area contributed by atoms with Gasteiger partial charge in [-0.1, -0.05) is 12.1 Å². The van der Waals surface area contributed by atoms with Gasteiger partial charge in [-0.3, -0.25) is 4.72 Å². The van der Waals surface area contributed by atoms with Crippen molar-refractivity contribution in [1.82, 2.24) is 9.78 Å². The van der Waals surface area contributed by atoms with Gasteiger partial charge in [0.15, 0.2) is 0 Å². The lowest BCUT2D eigenvalue weighted by Gasteiger charge is -2.07. The molecular weight excluding hydrogens is 322 g/mol. The number of para-hydroxylation sites is 2. The molecule has 6 nitrogen and oxygen atoms in total. The number of hydrogen-bond donors (Lipinski definition) is 1. The highest BCUT2D eigenvalue weighted by atomic mass is 32.2. The summed E-state index contributed by atoms with van der Waals surface area (Å²) in [5.41, 5.74) is 1.21. The highest BCUT2D eigenvalue weighted by Crippen LogP contribution is 2.23. The van der Waals surface area contributed by atoms with Crippen LogP contribution in [-0.4, -0.2) is 25.3 Å². The first kappa shape index (κ1) is 14.6. The van der Waals surface area contributed by atoms with Crippen LogP contribution < -0.4 is 9.46 Å². The summed E-state index contributed by atoms with van der Waals surface area (Å²) < 4.78 is 33.8. The number of nitrogens with zero attached hydrogens (tertiary/aromatic N) is 2. The van der Waals surface area contributed by atoms with E-state index in [1.54, 1.807) is 36.1 Å². The summed E-state index contributed by atoms with van der Waals surface area (Å²) in [6.07, 6.45) is 2.76. The minimum atomic E-state index is -3.66. The van der Waals surface area contributed by atoms with Gasteiger partial charge in [0.05, 0.1) is 25.2 Å². The normalized spacial score (nSPS) is 11.3. The van der Waals surface area contributed by atoms with Crippen LogP contribution in [0.1, 0.15) is 0 Å².